The Morgan fingerprint density at radius 3 is 2.95 bits per heavy atom. The Labute approximate surface area is 127 Å². The average Bonchev–Trinajstić information content (AvgIpc) is 2.72. The van der Waals surface area contributed by atoms with E-state index in [2.05, 4.69) is 26.5 Å². The van der Waals surface area contributed by atoms with E-state index in [0.29, 0.717) is 30.6 Å². The van der Waals surface area contributed by atoms with Crippen LogP contribution in [-0.2, 0) is 19.3 Å². The van der Waals surface area contributed by atoms with Crippen LogP contribution in [0.4, 0.5) is 0 Å². The zero-order chi connectivity index (χ0) is 15.4. The molecule has 2 rings (SSSR count). The highest BCUT2D eigenvalue weighted by molar-refractivity contribution is 5.91. The summed E-state index contributed by atoms with van der Waals surface area (Å²) in [5.74, 6) is 0.778. The summed E-state index contributed by atoms with van der Waals surface area (Å²) >= 11 is 0. The molecule has 1 aliphatic heterocycles. The van der Waals surface area contributed by atoms with Gasteiger partial charge in [-0.3, -0.25) is 0 Å². The zero-order valence-electron chi connectivity index (χ0n) is 13.3. The van der Waals surface area contributed by atoms with Gasteiger partial charge >= 0.3 is 5.97 Å². The summed E-state index contributed by atoms with van der Waals surface area (Å²) in [6, 6.07) is 0. The third-order valence-corrected chi connectivity index (χ3v) is 4.49. The van der Waals surface area contributed by atoms with Crippen molar-refractivity contribution in [2.24, 2.45) is 17.8 Å². The number of allylic oxidation sites excluding steroid dienone is 1. The molecule has 0 amide bonds. The number of ether oxygens (including phenoxy) is 1. The number of carbonyl (C=O) groups excluding carboxylic acids is 1. The topological polar surface area (TPSA) is 44.8 Å². The number of esters is 1. The molecule has 0 N–H and O–H groups in total. The van der Waals surface area contributed by atoms with Crippen molar-refractivity contribution < 1.29 is 19.3 Å². The molecule has 4 heteroatoms. The molecule has 2 aliphatic rings. The van der Waals surface area contributed by atoms with Crippen molar-refractivity contribution >= 4 is 5.97 Å². The van der Waals surface area contributed by atoms with Gasteiger partial charge in [-0.2, -0.15) is 0 Å². The van der Waals surface area contributed by atoms with Crippen LogP contribution < -0.4 is 0 Å². The Kier molecular flexibility index (Phi) is 5.59. The van der Waals surface area contributed by atoms with Gasteiger partial charge in [0.05, 0.1) is 13.2 Å². The summed E-state index contributed by atoms with van der Waals surface area (Å²) in [6.07, 6.45) is 5.15. The second kappa shape index (κ2) is 7.23. The summed E-state index contributed by atoms with van der Waals surface area (Å²) in [5.41, 5.74) is 2.03. The maximum Gasteiger partial charge on any atom is 0.334 e. The molecule has 4 nitrogen and oxygen atoms in total. The number of hydrogen-bond acceptors (Lipinski definition) is 4. The van der Waals surface area contributed by atoms with E-state index < -0.39 is 0 Å². The highest BCUT2D eigenvalue weighted by atomic mass is 17.2. The van der Waals surface area contributed by atoms with E-state index in [9.17, 15) is 4.79 Å². The van der Waals surface area contributed by atoms with Crippen molar-refractivity contribution in [3.8, 4) is 0 Å². The largest absolute Gasteiger partial charge is 0.458 e. The standard InChI is InChI=1S/C17H26O4/c1-5-19-20-8-6-7-11(2)14-10-15-13(4)17(18)21-16(15)9-12(14)3/h10-12,15-16H,4-9H2,1-3H3. The molecule has 0 aromatic carbocycles. The molecule has 1 heterocycles. The fraction of sp³-hybridized carbons (Fsp3) is 0.706. The average molecular weight is 294 g/mol. The maximum atomic E-state index is 11.6. The summed E-state index contributed by atoms with van der Waals surface area (Å²) in [5, 5.41) is 0. The fourth-order valence-corrected chi connectivity index (χ4v) is 3.31. The highest BCUT2D eigenvalue weighted by Crippen LogP contribution is 2.41. The third kappa shape index (κ3) is 3.74. The number of rotatable bonds is 7. The molecule has 118 valence electrons. The van der Waals surface area contributed by atoms with Crippen LogP contribution in [0, 0.1) is 17.8 Å². The van der Waals surface area contributed by atoms with Crippen molar-refractivity contribution in [3.63, 3.8) is 0 Å². The first-order chi connectivity index (χ1) is 10.0. The SMILES string of the molecule is C=C1C(=O)OC2CC(C)C(C(C)CCCOOCC)=CC12. The van der Waals surface area contributed by atoms with Gasteiger partial charge in [-0.1, -0.05) is 32.1 Å². The van der Waals surface area contributed by atoms with Crippen molar-refractivity contribution in [2.75, 3.05) is 13.2 Å². The molecule has 1 fully saturated rings. The minimum Gasteiger partial charge on any atom is -0.458 e. The van der Waals surface area contributed by atoms with E-state index in [4.69, 9.17) is 14.5 Å². The Hall–Kier alpha value is -1.13. The van der Waals surface area contributed by atoms with Gasteiger partial charge in [-0.05, 0) is 38.0 Å². The first kappa shape index (κ1) is 16.2. The van der Waals surface area contributed by atoms with Crippen molar-refractivity contribution in [1.82, 2.24) is 0 Å². The summed E-state index contributed by atoms with van der Waals surface area (Å²) in [6.45, 7) is 11.4. The second-order valence-electron chi connectivity index (χ2n) is 6.07. The molecule has 0 aromatic heterocycles. The lowest BCUT2D eigenvalue weighted by atomic mass is 9.75. The first-order valence-corrected chi connectivity index (χ1v) is 7.90. The summed E-state index contributed by atoms with van der Waals surface area (Å²) in [4.78, 5) is 21.5. The quantitative estimate of drug-likeness (QED) is 0.180. The van der Waals surface area contributed by atoms with Gasteiger partial charge in [0.1, 0.15) is 6.10 Å². The van der Waals surface area contributed by atoms with Crippen LogP contribution in [-0.4, -0.2) is 25.3 Å². The zero-order valence-corrected chi connectivity index (χ0v) is 13.3. The summed E-state index contributed by atoms with van der Waals surface area (Å²) in [7, 11) is 0. The van der Waals surface area contributed by atoms with Crippen molar-refractivity contribution in [3.05, 3.63) is 23.8 Å². The molecular formula is C17H26O4. The van der Waals surface area contributed by atoms with E-state index in [1.165, 1.54) is 5.57 Å². The molecule has 4 unspecified atom stereocenters. The predicted octanol–water partition coefficient (Wildman–Crippen LogP) is 3.43. The van der Waals surface area contributed by atoms with E-state index in [-0.39, 0.29) is 18.0 Å². The van der Waals surface area contributed by atoms with Crippen LogP contribution in [0.15, 0.2) is 23.8 Å². The second-order valence-corrected chi connectivity index (χ2v) is 6.07. The van der Waals surface area contributed by atoms with Crippen molar-refractivity contribution in [2.45, 2.75) is 46.1 Å². The van der Waals surface area contributed by atoms with Crippen LogP contribution in [0.3, 0.4) is 0 Å². The molecule has 0 radical (unpaired) electrons. The Morgan fingerprint density at radius 1 is 1.48 bits per heavy atom. The molecule has 0 spiro atoms. The molecule has 21 heavy (non-hydrogen) atoms. The molecule has 0 bridgehead atoms. The van der Waals surface area contributed by atoms with Gasteiger partial charge in [-0.15, -0.1) is 0 Å². The van der Waals surface area contributed by atoms with Crippen LogP contribution in [0.2, 0.25) is 0 Å². The molecule has 0 saturated carbocycles. The Morgan fingerprint density at radius 2 is 2.24 bits per heavy atom. The van der Waals surface area contributed by atoms with Gasteiger partial charge in [0.2, 0.25) is 0 Å². The molecule has 4 atom stereocenters. The molecule has 0 aromatic rings. The first-order valence-electron chi connectivity index (χ1n) is 7.90. The van der Waals surface area contributed by atoms with Crippen molar-refractivity contribution in [1.29, 1.82) is 0 Å². The van der Waals surface area contributed by atoms with Gasteiger partial charge < -0.3 is 4.74 Å². The molecule has 1 aliphatic carbocycles. The normalized spacial score (nSPS) is 29.9. The number of fused-ring (bicyclic) bond motifs is 1. The number of carbonyl (C=O) groups is 1. The smallest absolute Gasteiger partial charge is 0.334 e. The van der Waals surface area contributed by atoms with Crippen LogP contribution in [0.1, 0.15) is 40.0 Å². The minimum atomic E-state index is -0.229. The van der Waals surface area contributed by atoms with Gasteiger partial charge in [-0.25, -0.2) is 14.6 Å². The van der Waals surface area contributed by atoms with E-state index >= 15 is 0 Å². The molecule has 1 saturated heterocycles. The number of hydrogen-bond donors (Lipinski definition) is 0. The van der Waals surface area contributed by atoms with Crippen LogP contribution in [0.5, 0.6) is 0 Å². The lowest BCUT2D eigenvalue weighted by molar-refractivity contribution is -0.291. The maximum absolute atomic E-state index is 11.6. The minimum absolute atomic E-state index is 0.00256. The van der Waals surface area contributed by atoms with E-state index in [1.807, 2.05) is 6.92 Å². The third-order valence-electron chi connectivity index (χ3n) is 4.49. The fourth-order valence-electron chi connectivity index (χ4n) is 3.31. The lowest BCUT2D eigenvalue weighted by Gasteiger charge is -2.31. The van der Waals surface area contributed by atoms with Gasteiger partial charge in [0, 0.05) is 11.5 Å². The highest BCUT2D eigenvalue weighted by Gasteiger charge is 2.41. The van der Waals surface area contributed by atoms with E-state index in [0.717, 1.165) is 19.3 Å². The Balaban J connectivity index is 1.91. The predicted molar refractivity (Wildman–Crippen MR) is 80.4 cm³/mol. The molecular weight excluding hydrogens is 268 g/mol. The Bertz CT molecular complexity index is 427. The monoisotopic (exact) mass is 294 g/mol. The van der Waals surface area contributed by atoms with Crippen LogP contribution >= 0.6 is 0 Å². The van der Waals surface area contributed by atoms with Gasteiger partial charge in [0.15, 0.2) is 0 Å². The van der Waals surface area contributed by atoms with Gasteiger partial charge in [0.25, 0.3) is 0 Å². The van der Waals surface area contributed by atoms with E-state index in [1.54, 1.807) is 0 Å². The van der Waals surface area contributed by atoms with Crippen LogP contribution in [0.25, 0.3) is 0 Å². The lowest BCUT2D eigenvalue weighted by Crippen LogP contribution is -2.27. The summed E-state index contributed by atoms with van der Waals surface area (Å²) < 4.78 is 5.38.